The van der Waals surface area contributed by atoms with Gasteiger partial charge in [-0.1, -0.05) is 0 Å². The van der Waals surface area contributed by atoms with Crippen LogP contribution in [0.25, 0.3) is 0 Å². The van der Waals surface area contributed by atoms with E-state index in [9.17, 15) is 18.0 Å². The Morgan fingerprint density at radius 3 is 2.81 bits per heavy atom. The quantitative estimate of drug-likeness (QED) is 0.559. The minimum atomic E-state index is -3.26. The summed E-state index contributed by atoms with van der Waals surface area (Å²) >= 11 is 0. The van der Waals surface area contributed by atoms with Gasteiger partial charge in [0.25, 0.3) is 0 Å². The third-order valence-corrected chi connectivity index (χ3v) is 8.03. The van der Waals surface area contributed by atoms with Crippen LogP contribution in [-0.4, -0.2) is 72.0 Å². The average molecular weight is 456 g/mol. The first kappa shape index (κ1) is 22.0. The Morgan fingerprint density at radius 2 is 2.10 bits per heavy atom. The van der Waals surface area contributed by atoms with E-state index in [1.54, 1.807) is 6.07 Å². The first-order valence-corrected chi connectivity index (χ1v) is 12.2. The molecule has 172 valence electrons. The van der Waals surface area contributed by atoms with Gasteiger partial charge in [-0.15, -0.1) is 0 Å². The zero-order valence-corrected chi connectivity index (χ0v) is 18.5. The Labute approximate surface area is 181 Å². The number of ether oxygens (including phenoxy) is 2. The van der Waals surface area contributed by atoms with Gasteiger partial charge in [-0.25, -0.2) is 17.5 Å². The number of hydrogen-bond donors (Lipinski definition) is 3. The van der Waals surface area contributed by atoms with Gasteiger partial charge in [-0.2, -0.15) is 5.10 Å². The summed E-state index contributed by atoms with van der Waals surface area (Å²) in [5.41, 5.74) is 0.676. The summed E-state index contributed by atoms with van der Waals surface area (Å²) in [6.07, 6.45) is 1.25. The molecule has 3 heterocycles. The number of rotatable bonds is 7. The van der Waals surface area contributed by atoms with Gasteiger partial charge < -0.3 is 20.1 Å². The lowest BCUT2D eigenvalue weighted by atomic mass is 10.1. The Balaban J connectivity index is 1.27. The molecule has 0 unspecified atom stereocenters. The van der Waals surface area contributed by atoms with Gasteiger partial charge in [0.05, 0.1) is 23.5 Å². The fourth-order valence-electron chi connectivity index (χ4n) is 3.86. The van der Waals surface area contributed by atoms with E-state index in [0.717, 1.165) is 0 Å². The fourth-order valence-corrected chi connectivity index (χ4v) is 5.76. The number of hydrogen-bond acceptors (Lipinski definition) is 7. The number of amides is 2. The summed E-state index contributed by atoms with van der Waals surface area (Å²) in [7, 11) is -3.26. The number of aromatic nitrogens is 2. The minimum absolute atomic E-state index is 0.00911. The molecule has 1 saturated carbocycles. The van der Waals surface area contributed by atoms with Crippen LogP contribution >= 0.6 is 0 Å². The molecule has 0 radical (unpaired) electrons. The highest BCUT2D eigenvalue weighted by Crippen LogP contribution is 2.34. The summed E-state index contributed by atoms with van der Waals surface area (Å²) in [6, 6.07) is 1.68. The summed E-state index contributed by atoms with van der Waals surface area (Å²) in [5.74, 6) is -0.284. The van der Waals surface area contributed by atoms with E-state index in [4.69, 9.17) is 9.47 Å². The smallest absolute Gasteiger partial charge is 0.407 e. The highest BCUT2D eigenvalue weighted by molar-refractivity contribution is 7.90. The summed E-state index contributed by atoms with van der Waals surface area (Å²) in [5, 5.41) is 12.1. The largest absolute Gasteiger partial charge is 0.444 e. The van der Waals surface area contributed by atoms with Crippen molar-refractivity contribution < 1.29 is 27.5 Å². The van der Waals surface area contributed by atoms with Crippen molar-refractivity contribution in [2.45, 2.75) is 63.0 Å². The van der Waals surface area contributed by atoms with Crippen LogP contribution in [0.4, 0.5) is 10.6 Å². The number of nitrogens with one attached hydrogen (secondary N) is 3. The lowest BCUT2D eigenvalue weighted by Gasteiger charge is -2.15. The van der Waals surface area contributed by atoms with Crippen LogP contribution in [0, 0.1) is 5.92 Å². The summed E-state index contributed by atoms with van der Waals surface area (Å²) in [6.45, 7) is 4.58. The predicted molar refractivity (Wildman–Crippen MR) is 111 cm³/mol. The first-order chi connectivity index (χ1) is 14.7. The molecule has 0 aromatic carbocycles. The number of nitrogens with zero attached hydrogens (tertiary/aromatic N) is 2. The molecule has 0 bridgehead atoms. The predicted octanol–water partition coefficient (Wildman–Crippen LogP) is 1.13. The Hall–Kier alpha value is -2.18. The molecule has 0 spiro atoms. The molecule has 1 aliphatic carbocycles. The normalized spacial score (nSPS) is 26.9. The van der Waals surface area contributed by atoms with E-state index in [2.05, 4.69) is 20.8 Å². The van der Waals surface area contributed by atoms with Gasteiger partial charge in [0, 0.05) is 31.6 Å². The maximum atomic E-state index is 12.6. The Kier molecular flexibility index (Phi) is 6.22. The fraction of sp³-hybridized carbons (Fsp3) is 0.737. The number of carbonyl (C=O) groups is 2. The van der Waals surface area contributed by atoms with E-state index in [-0.39, 0.29) is 42.6 Å². The number of aromatic amines is 1. The lowest BCUT2D eigenvalue weighted by Crippen LogP contribution is -2.33. The number of anilines is 1. The van der Waals surface area contributed by atoms with Crippen molar-refractivity contribution in [3.63, 3.8) is 0 Å². The van der Waals surface area contributed by atoms with Gasteiger partial charge in [0.1, 0.15) is 12.2 Å². The van der Waals surface area contributed by atoms with Crippen LogP contribution in [0.2, 0.25) is 0 Å². The minimum Gasteiger partial charge on any atom is -0.444 e. The zero-order valence-electron chi connectivity index (χ0n) is 17.7. The molecule has 2 saturated heterocycles. The molecule has 3 fully saturated rings. The van der Waals surface area contributed by atoms with Crippen molar-refractivity contribution in [1.82, 2.24) is 19.8 Å². The van der Waals surface area contributed by atoms with E-state index < -0.39 is 22.0 Å². The van der Waals surface area contributed by atoms with Crippen LogP contribution in [0.15, 0.2) is 6.07 Å². The molecule has 3 aliphatic rings. The molecule has 12 heteroatoms. The number of carbonyl (C=O) groups excluding carboxylic acids is 2. The molecule has 3 atom stereocenters. The van der Waals surface area contributed by atoms with Gasteiger partial charge in [0.15, 0.2) is 5.82 Å². The molecule has 11 nitrogen and oxygen atoms in total. The van der Waals surface area contributed by atoms with Crippen molar-refractivity contribution in [2.75, 3.05) is 25.0 Å². The van der Waals surface area contributed by atoms with Crippen molar-refractivity contribution >= 4 is 27.8 Å². The maximum Gasteiger partial charge on any atom is 0.407 e. The zero-order chi connectivity index (χ0) is 22.2. The third-order valence-electron chi connectivity index (χ3n) is 5.66. The number of H-pyrrole nitrogens is 1. The van der Waals surface area contributed by atoms with E-state index in [1.165, 1.54) is 4.31 Å². The van der Waals surface area contributed by atoms with Crippen molar-refractivity contribution in [3.05, 3.63) is 11.8 Å². The van der Waals surface area contributed by atoms with Gasteiger partial charge in [-0.05, 0) is 33.1 Å². The topological polar surface area (TPSA) is 143 Å². The maximum absolute atomic E-state index is 12.6. The van der Waals surface area contributed by atoms with Gasteiger partial charge in [0.2, 0.25) is 15.9 Å². The monoisotopic (exact) mass is 455 g/mol. The molecule has 31 heavy (non-hydrogen) atoms. The summed E-state index contributed by atoms with van der Waals surface area (Å²) < 4.78 is 37.2. The second-order valence-corrected chi connectivity index (χ2v) is 10.9. The first-order valence-electron chi connectivity index (χ1n) is 10.7. The van der Waals surface area contributed by atoms with Crippen LogP contribution in [0.5, 0.6) is 0 Å². The van der Waals surface area contributed by atoms with Crippen LogP contribution in [0.3, 0.4) is 0 Å². The summed E-state index contributed by atoms with van der Waals surface area (Å²) in [4.78, 5) is 24.3. The number of alkyl carbamates (subject to hydrolysis) is 1. The molecular formula is C19H29N5O6S. The van der Waals surface area contributed by atoms with Crippen molar-refractivity contribution in [2.24, 2.45) is 5.92 Å². The van der Waals surface area contributed by atoms with Crippen LogP contribution in [0.1, 0.15) is 51.3 Å². The van der Waals surface area contributed by atoms with E-state index >= 15 is 0 Å². The Bertz CT molecular complexity index is 928. The molecule has 2 aliphatic heterocycles. The van der Waals surface area contributed by atoms with Crippen molar-refractivity contribution in [3.8, 4) is 0 Å². The SMILES string of the molecule is CC(C)NC(=O)O[C@@H]1CO[C@H](c2cc(NC(=O)[C@@H]3CCN(S(=O)(=O)C4CC4)C3)n[nH]2)C1. The van der Waals surface area contributed by atoms with Crippen molar-refractivity contribution in [1.29, 1.82) is 0 Å². The van der Waals surface area contributed by atoms with E-state index in [1.807, 2.05) is 13.8 Å². The molecular weight excluding hydrogens is 426 g/mol. The standard InChI is InChI=1S/C19H29N5O6S/c1-11(2)20-19(26)30-13-7-16(29-10-13)15-8-17(23-22-15)21-18(25)12-5-6-24(9-12)31(27,28)14-3-4-14/h8,11-14,16H,3-7,9-10H2,1-2H3,(H,20,26)(H2,21,22,23,25)/t12-,13+,16+/m1/s1. The molecule has 2 amide bonds. The molecule has 4 rings (SSSR count). The van der Waals surface area contributed by atoms with E-state index in [0.29, 0.717) is 43.7 Å². The highest BCUT2D eigenvalue weighted by atomic mass is 32.2. The highest BCUT2D eigenvalue weighted by Gasteiger charge is 2.44. The molecule has 3 N–H and O–H groups in total. The van der Waals surface area contributed by atoms with Crippen LogP contribution < -0.4 is 10.6 Å². The third kappa shape index (κ3) is 5.18. The van der Waals surface area contributed by atoms with Gasteiger partial charge in [-0.3, -0.25) is 9.89 Å². The molecule has 1 aromatic heterocycles. The van der Waals surface area contributed by atoms with Gasteiger partial charge >= 0.3 is 6.09 Å². The average Bonchev–Trinajstić information content (AvgIpc) is 3.07. The number of sulfonamides is 1. The Morgan fingerprint density at radius 1 is 1.32 bits per heavy atom. The molecule has 1 aromatic rings. The lowest BCUT2D eigenvalue weighted by molar-refractivity contribution is -0.119. The second kappa shape index (κ2) is 8.75. The van der Waals surface area contributed by atoms with Crippen LogP contribution in [-0.2, 0) is 24.3 Å². The second-order valence-electron chi connectivity index (χ2n) is 8.67.